The standard InChI is InChI=1S/C11H14NO3/c1-4-15-11-7-9(8(2)3)5-6-10(11)12(13)14/h5-7H,4H2,1-3H3. The average molecular weight is 208 g/mol. The SMILES string of the molecule is CCOc1cc([C](C)C)ccc1[N+](=O)[O-]. The predicted molar refractivity (Wildman–Crippen MR) is 58.0 cm³/mol. The highest BCUT2D eigenvalue weighted by Crippen LogP contribution is 2.30. The van der Waals surface area contributed by atoms with Gasteiger partial charge >= 0.3 is 5.69 Å². The van der Waals surface area contributed by atoms with E-state index in [1.165, 1.54) is 6.07 Å². The van der Waals surface area contributed by atoms with Crippen LogP contribution in [0.15, 0.2) is 18.2 Å². The number of ether oxygens (including phenoxy) is 1. The van der Waals surface area contributed by atoms with E-state index in [1.54, 1.807) is 19.1 Å². The fraction of sp³-hybridized carbons (Fsp3) is 0.364. The molecule has 1 rings (SSSR count). The number of hydrogen-bond acceptors (Lipinski definition) is 3. The summed E-state index contributed by atoms with van der Waals surface area (Å²) in [5.74, 6) is 1.44. The van der Waals surface area contributed by atoms with Crippen LogP contribution in [0.5, 0.6) is 5.75 Å². The van der Waals surface area contributed by atoms with E-state index < -0.39 is 4.92 Å². The van der Waals surface area contributed by atoms with E-state index in [1.807, 2.05) is 13.8 Å². The van der Waals surface area contributed by atoms with Crippen LogP contribution in [0.25, 0.3) is 0 Å². The summed E-state index contributed by atoms with van der Waals surface area (Å²) in [6.07, 6.45) is 0. The van der Waals surface area contributed by atoms with E-state index in [9.17, 15) is 10.1 Å². The summed E-state index contributed by atoms with van der Waals surface area (Å²) >= 11 is 0. The van der Waals surface area contributed by atoms with Gasteiger partial charge < -0.3 is 4.74 Å². The molecular weight excluding hydrogens is 194 g/mol. The lowest BCUT2D eigenvalue weighted by atomic mass is 10.0. The molecule has 4 nitrogen and oxygen atoms in total. The number of hydrogen-bond donors (Lipinski definition) is 0. The van der Waals surface area contributed by atoms with Crippen LogP contribution >= 0.6 is 0 Å². The molecule has 0 unspecified atom stereocenters. The molecule has 0 N–H and O–H groups in total. The molecule has 0 bridgehead atoms. The molecule has 0 heterocycles. The van der Waals surface area contributed by atoms with E-state index in [0.29, 0.717) is 12.4 Å². The minimum absolute atomic E-state index is 0.0156. The van der Waals surface area contributed by atoms with Crippen molar-refractivity contribution in [1.29, 1.82) is 0 Å². The Hall–Kier alpha value is -1.58. The second-order valence-electron chi connectivity index (χ2n) is 3.37. The van der Waals surface area contributed by atoms with Crippen LogP contribution in [0.1, 0.15) is 26.3 Å². The first kappa shape index (κ1) is 11.5. The van der Waals surface area contributed by atoms with E-state index in [2.05, 4.69) is 0 Å². The molecule has 15 heavy (non-hydrogen) atoms. The number of nitro groups is 1. The van der Waals surface area contributed by atoms with Crippen molar-refractivity contribution in [3.63, 3.8) is 0 Å². The summed E-state index contributed by atoms with van der Waals surface area (Å²) in [4.78, 5) is 10.3. The van der Waals surface area contributed by atoms with Crippen LogP contribution in [0.4, 0.5) is 5.69 Å². The van der Waals surface area contributed by atoms with Gasteiger partial charge in [-0.15, -0.1) is 0 Å². The number of benzene rings is 1. The number of nitro benzene ring substituents is 1. The van der Waals surface area contributed by atoms with E-state index in [-0.39, 0.29) is 5.69 Å². The lowest BCUT2D eigenvalue weighted by Crippen LogP contribution is -1.99. The molecule has 81 valence electrons. The van der Waals surface area contributed by atoms with Crippen molar-refractivity contribution >= 4 is 5.69 Å². The highest BCUT2D eigenvalue weighted by Gasteiger charge is 2.16. The van der Waals surface area contributed by atoms with Gasteiger partial charge in [-0.3, -0.25) is 10.1 Å². The van der Waals surface area contributed by atoms with Crippen molar-refractivity contribution in [2.24, 2.45) is 0 Å². The number of rotatable bonds is 4. The average Bonchev–Trinajstić information content (AvgIpc) is 2.17. The molecule has 0 amide bonds. The van der Waals surface area contributed by atoms with E-state index in [0.717, 1.165) is 11.5 Å². The molecule has 4 heteroatoms. The van der Waals surface area contributed by atoms with Crippen LogP contribution in [-0.2, 0) is 0 Å². The third kappa shape index (κ3) is 2.68. The van der Waals surface area contributed by atoms with Crippen LogP contribution in [0.3, 0.4) is 0 Å². The van der Waals surface area contributed by atoms with Gasteiger partial charge in [0.05, 0.1) is 11.5 Å². The highest BCUT2D eigenvalue weighted by molar-refractivity contribution is 5.50. The van der Waals surface area contributed by atoms with Crippen molar-refractivity contribution in [2.75, 3.05) is 6.61 Å². The lowest BCUT2D eigenvalue weighted by Gasteiger charge is -2.08. The van der Waals surface area contributed by atoms with Crippen LogP contribution in [0, 0.1) is 16.0 Å². The van der Waals surface area contributed by atoms with Gasteiger partial charge in [0.1, 0.15) is 0 Å². The second kappa shape index (κ2) is 4.77. The summed E-state index contributed by atoms with van der Waals surface area (Å²) in [6.45, 7) is 6.14. The smallest absolute Gasteiger partial charge is 0.310 e. The first-order valence-electron chi connectivity index (χ1n) is 4.78. The molecule has 0 fully saturated rings. The minimum atomic E-state index is -0.431. The van der Waals surface area contributed by atoms with Gasteiger partial charge in [0.25, 0.3) is 0 Å². The molecule has 0 spiro atoms. The second-order valence-corrected chi connectivity index (χ2v) is 3.37. The monoisotopic (exact) mass is 208 g/mol. The summed E-state index contributed by atoms with van der Waals surface area (Å²) in [7, 11) is 0. The predicted octanol–water partition coefficient (Wildman–Crippen LogP) is 2.96. The van der Waals surface area contributed by atoms with Gasteiger partial charge in [0.2, 0.25) is 0 Å². The lowest BCUT2D eigenvalue weighted by molar-refractivity contribution is -0.385. The molecule has 0 saturated carbocycles. The molecule has 0 aliphatic rings. The number of nitrogens with zero attached hydrogens (tertiary/aromatic N) is 1. The van der Waals surface area contributed by atoms with Crippen molar-refractivity contribution in [3.8, 4) is 5.75 Å². The quantitative estimate of drug-likeness (QED) is 0.564. The zero-order valence-corrected chi connectivity index (χ0v) is 9.11. The molecule has 1 radical (unpaired) electrons. The molecular formula is C11H14NO3. The maximum atomic E-state index is 10.7. The summed E-state index contributed by atoms with van der Waals surface area (Å²) < 4.78 is 5.23. The molecule has 0 aromatic heterocycles. The highest BCUT2D eigenvalue weighted by atomic mass is 16.6. The molecule has 0 saturated heterocycles. The fourth-order valence-corrected chi connectivity index (χ4v) is 1.25. The summed E-state index contributed by atoms with van der Waals surface area (Å²) in [6, 6.07) is 4.92. The Morgan fingerprint density at radius 2 is 2.13 bits per heavy atom. The van der Waals surface area contributed by atoms with Crippen molar-refractivity contribution < 1.29 is 9.66 Å². The Labute approximate surface area is 89.0 Å². The van der Waals surface area contributed by atoms with Crippen LogP contribution in [-0.4, -0.2) is 11.5 Å². The summed E-state index contributed by atoms with van der Waals surface area (Å²) in [5.41, 5.74) is 0.978. The van der Waals surface area contributed by atoms with Crippen molar-refractivity contribution in [3.05, 3.63) is 39.8 Å². The third-order valence-electron chi connectivity index (χ3n) is 2.03. The first-order valence-corrected chi connectivity index (χ1v) is 4.78. The molecule has 0 aliphatic heterocycles. The van der Waals surface area contributed by atoms with Gasteiger partial charge in [0.15, 0.2) is 5.75 Å². The van der Waals surface area contributed by atoms with Crippen LogP contribution in [0.2, 0.25) is 0 Å². The maximum Gasteiger partial charge on any atom is 0.310 e. The zero-order valence-electron chi connectivity index (χ0n) is 9.11. The molecule has 1 aromatic rings. The normalized spacial score (nSPS) is 10.4. The third-order valence-corrected chi connectivity index (χ3v) is 2.03. The topological polar surface area (TPSA) is 52.4 Å². The first-order chi connectivity index (χ1) is 7.06. The van der Waals surface area contributed by atoms with Crippen molar-refractivity contribution in [2.45, 2.75) is 20.8 Å². The van der Waals surface area contributed by atoms with E-state index in [4.69, 9.17) is 4.74 Å². The molecule has 1 aromatic carbocycles. The Morgan fingerprint density at radius 1 is 1.47 bits per heavy atom. The van der Waals surface area contributed by atoms with Gasteiger partial charge in [-0.25, -0.2) is 0 Å². The van der Waals surface area contributed by atoms with Gasteiger partial charge in [-0.05, 0) is 24.5 Å². The molecule has 0 aliphatic carbocycles. The largest absolute Gasteiger partial charge is 0.487 e. The Morgan fingerprint density at radius 3 is 2.60 bits per heavy atom. The summed E-state index contributed by atoms with van der Waals surface area (Å²) in [5, 5.41) is 10.7. The molecule has 0 atom stereocenters. The van der Waals surface area contributed by atoms with E-state index >= 15 is 0 Å². The Kier molecular flexibility index (Phi) is 3.66. The zero-order chi connectivity index (χ0) is 11.4. The minimum Gasteiger partial charge on any atom is -0.487 e. The van der Waals surface area contributed by atoms with Gasteiger partial charge in [0, 0.05) is 6.07 Å². The maximum absolute atomic E-state index is 10.7. The Bertz CT molecular complexity index is 361. The van der Waals surface area contributed by atoms with Crippen molar-refractivity contribution in [1.82, 2.24) is 0 Å². The van der Waals surface area contributed by atoms with Gasteiger partial charge in [-0.1, -0.05) is 19.9 Å². The van der Waals surface area contributed by atoms with Gasteiger partial charge in [-0.2, -0.15) is 0 Å². The fourth-order valence-electron chi connectivity index (χ4n) is 1.25. The van der Waals surface area contributed by atoms with Crippen LogP contribution < -0.4 is 4.74 Å². The Balaban J connectivity index is 3.14.